The molecule has 0 aliphatic rings. The van der Waals surface area contributed by atoms with Crippen LogP contribution >= 0.6 is 31.9 Å². The Bertz CT molecular complexity index is 1150. The van der Waals surface area contributed by atoms with Crippen molar-refractivity contribution in [3.8, 4) is 22.5 Å². The highest BCUT2D eigenvalue weighted by molar-refractivity contribution is 9.10. The Balaban J connectivity index is 1.52. The maximum atomic E-state index is 3.53. The number of rotatable bonds is 2. The summed E-state index contributed by atoms with van der Waals surface area (Å²) in [5, 5.41) is 2.43. The van der Waals surface area contributed by atoms with Crippen LogP contribution in [0.1, 0.15) is 0 Å². The number of hydrogen-bond donors (Lipinski definition) is 2. The van der Waals surface area contributed by atoms with Crippen molar-refractivity contribution in [2.24, 2.45) is 0 Å². The topological polar surface area (TPSA) is 31.6 Å². The van der Waals surface area contributed by atoms with Crippen molar-refractivity contribution in [3.05, 3.63) is 81.7 Å². The zero-order valence-corrected chi connectivity index (χ0v) is 16.9. The number of hydrogen-bond acceptors (Lipinski definition) is 0. The Hall–Kier alpha value is -2.30. The van der Waals surface area contributed by atoms with E-state index in [0.717, 1.165) is 31.4 Å². The molecule has 2 nitrogen and oxygen atoms in total. The van der Waals surface area contributed by atoms with Gasteiger partial charge in [0, 0.05) is 42.1 Å². The van der Waals surface area contributed by atoms with Crippen LogP contribution in [0.2, 0.25) is 0 Å². The number of H-pyrrole nitrogens is 2. The van der Waals surface area contributed by atoms with Gasteiger partial charge in [-0.1, -0.05) is 68.3 Å². The molecule has 26 heavy (non-hydrogen) atoms. The number of nitrogens with one attached hydrogen (secondary N) is 2. The molecule has 0 aliphatic heterocycles. The summed E-state index contributed by atoms with van der Waals surface area (Å²) in [6, 6.07) is 25.6. The molecule has 0 aliphatic carbocycles. The second-order valence-corrected chi connectivity index (χ2v) is 8.24. The lowest BCUT2D eigenvalue weighted by atomic mass is 10.1. The molecule has 0 bridgehead atoms. The summed E-state index contributed by atoms with van der Waals surface area (Å²) >= 11 is 7.05. The van der Waals surface area contributed by atoms with Gasteiger partial charge in [0.2, 0.25) is 0 Å². The molecule has 0 unspecified atom stereocenters. The maximum absolute atomic E-state index is 3.53. The first kappa shape index (κ1) is 15.9. The second-order valence-electron chi connectivity index (χ2n) is 6.41. The summed E-state index contributed by atoms with van der Waals surface area (Å²) in [5.74, 6) is 0. The molecule has 0 saturated carbocycles. The summed E-state index contributed by atoms with van der Waals surface area (Å²) in [4.78, 5) is 6.99. The largest absolute Gasteiger partial charge is 0.354 e. The van der Waals surface area contributed by atoms with Crippen molar-refractivity contribution in [2.45, 2.75) is 0 Å². The molecule has 5 rings (SSSR count). The monoisotopic (exact) mass is 464 g/mol. The smallest absolute Gasteiger partial charge is 0.0470 e. The van der Waals surface area contributed by atoms with Crippen LogP contribution in [0, 0.1) is 0 Å². The fourth-order valence-electron chi connectivity index (χ4n) is 3.34. The lowest BCUT2D eigenvalue weighted by Gasteiger charge is -2.01. The molecular formula is C22H14Br2N2. The summed E-state index contributed by atoms with van der Waals surface area (Å²) < 4.78 is 2.17. The molecule has 0 saturated heterocycles. The van der Waals surface area contributed by atoms with Gasteiger partial charge in [0.15, 0.2) is 0 Å². The third-order valence-electron chi connectivity index (χ3n) is 4.68. The first-order chi connectivity index (χ1) is 12.7. The van der Waals surface area contributed by atoms with Gasteiger partial charge in [0.05, 0.1) is 0 Å². The molecule has 2 N–H and O–H groups in total. The molecule has 3 aromatic carbocycles. The Morgan fingerprint density at radius 1 is 0.500 bits per heavy atom. The summed E-state index contributed by atoms with van der Waals surface area (Å²) in [6.07, 6.45) is 0. The average molecular weight is 466 g/mol. The van der Waals surface area contributed by atoms with Crippen LogP contribution in [0.4, 0.5) is 0 Å². The maximum Gasteiger partial charge on any atom is 0.0470 e. The van der Waals surface area contributed by atoms with E-state index in [1.165, 1.54) is 21.9 Å². The minimum Gasteiger partial charge on any atom is -0.354 e. The Morgan fingerprint density at radius 2 is 0.923 bits per heavy atom. The number of aromatic amines is 2. The van der Waals surface area contributed by atoms with Crippen LogP contribution in [-0.2, 0) is 0 Å². The van der Waals surface area contributed by atoms with Crippen LogP contribution in [0.15, 0.2) is 81.7 Å². The van der Waals surface area contributed by atoms with Gasteiger partial charge in [0.1, 0.15) is 0 Å². The molecule has 0 fully saturated rings. The van der Waals surface area contributed by atoms with Crippen LogP contribution in [-0.4, -0.2) is 9.97 Å². The van der Waals surface area contributed by atoms with Gasteiger partial charge >= 0.3 is 0 Å². The lowest BCUT2D eigenvalue weighted by molar-refractivity contribution is 1.43. The van der Waals surface area contributed by atoms with Crippen molar-refractivity contribution < 1.29 is 0 Å². The number of benzene rings is 3. The Kier molecular flexibility index (Phi) is 3.76. The number of aromatic nitrogens is 2. The number of halogens is 2. The molecular weight excluding hydrogens is 452 g/mol. The van der Waals surface area contributed by atoms with Crippen LogP contribution in [0.5, 0.6) is 0 Å². The van der Waals surface area contributed by atoms with Crippen LogP contribution in [0.3, 0.4) is 0 Å². The fourth-order valence-corrected chi connectivity index (χ4v) is 4.06. The molecule has 0 radical (unpaired) electrons. The van der Waals surface area contributed by atoms with E-state index in [-0.39, 0.29) is 0 Å². The highest BCUT2D eigenvalue weighted by atomic mass is 79.9. The van der Waals surface area contributed by atoms with Gasteiger partial charge in [-0.3, -0.25) is 0 Å². The standard InChI is InChI=1S/C22H14Br2N2/c23-17-7-5-15-9-19(25-21(15)11-17)13-1-2-14(4-3-13)20-10-16-6-8-18(24)12-22(16)26-20/h1-12,25-26H. The van der Waals surface area contributed by atoms with Crippen molar-refractivity contribution in [3.63, 3.8) is 0 Å². The van der Waals surface area contributed by atoms with E-state index < -0.39 is 0 Å². The molecule has 4 heteroatoms. The number of fused-ring (bicyclic) bond motifs is 2. The summed E-state index contributed by atoms with van der Waals surface area (Å²) in [5.41, 5.74) is 6.90. The SMILES string of the molecule is Brc1ccc2cc(-c3ccc(-c4cc5ccc(Br)cc5[nH]4)cc3)[nH]c2c1. The van der Waals surface area contributed by atoms with Gasteiger partial charge in [-0.15, -0.1) is 0 Å². The van der Waals surface area contributed by atoms with Crippen LogP contribution in [0.25, 0.3) is 44.3 Å². The van der Waals surface area contributed by atoms with Crippen molar-refractivity contribution >= 4 is 53.7 Å². The third-order valence-corrected chi connectivity index (χ3v) is 5.66. The molecule has 5 aromatic rings. The summed E-state index contributed by atoms with van der Waals surface area (Å²) in [7, 11) is 0. The quantitative estimate of drug-likeness (QED) is 0.270. The van der Waals surface area contributed by atoms with Crippen LogP contribution < -0.4 is 0 Å². The van der Waals surface area contributed by atoms with Crippen molar-refractivity contribution in [1.29, 1.82) is 0 Å². The normalized spacial score (nSPS) is 11.5. The lowest BCUT2D eigenvalue weighted by Crippen LogP contribution is -1.80. The van der Waals surface area contributed by atoms with E-state index in [1.807, 2.05) is 0 Å². The Morgan fingerprint density at radius 3 is 1.35 bits per heavy atom. The molecule has 0 spiro atoms. The highest BCUT2D eigenvalue weighted by Crippen LogP contribution is 2.30. The predicted octanol–water partition coefficient (Wildman–Crippen LogP) is 7.51. The first-order valence-electron chi connectivity index (χ1n) is 8.33. The zero-order valence-electron chi connectivity index (χ0n) is 13.7. The van der Waals surface area contributed by atoms with E-state index in [4.69, 9.17) is 0 Å². The minimum absolute atomic E-state index is 1.08. The third kappa shape index (κ3) is 2.79. The predicted molar refractivity (Wildman–Crippen MR) is 116 cm³/mol. The zero-order chi connectivity index (χ0) is 17.7. The van der Waals surface area contributed by atoms with E-state index >= 15 is 0 Å². The minimum atomic E-state index is 1.08. The molecule has 2 aromatic heterocycles. The van der Waals surface area contributed by atoms with E-state index in [1.54, 1.807) is 0 Å². The average Bonchev–Trinajstić information content (AvgIpc) is 3.25. The molecule has 0 amide bonds. The highest BCUT2D eigenvalue weighted by Gasteiger charge is 2.07. The molecule has 126 valence electrons. The van der Waals surface area contributed by atoms with Gasteiger partial charge in [0.25, 0.3) is 0 Å². The van der Waals surface area contributed by atoms with Gasteiger partial charge in [-0.25, -0.2) is 0 Å². The van der Waals surface area contributed by atoms with E-state index in [0.29, 0.717) is 0 Å². The van der Waals surface area contributed by atoms with E-state index in [9.17, 15) is 0 Å². The van der Waals surface area contributed by atoms with Crippen molar-refractivity contribution in [1.82, 2.24) is 9.97 Å². The Labute approximate surface area is 167 Å². The second kappa shape index (κ2) is 6.15. The van der Waals surface area contributed by atoms with E-state index in [2.05, 4.69) is 115 Å². The fraction of sp³-hybridized carbons (Fsp3) is 0. The molecule has 2 heterocycles. The van der Waals surface area contributed by atoms with Gasteiger partial charge < -0.3 is 9.97 Å². The summed E-state index contributed by atoms with van der Waals surface area (Å²) in [6.45, 7) is 0. The molecule has 0 atom stereocenters. The first-order valence-corrected chi connectivity index (χ1v) is 9.92. The van der Waals surface area contributed by atoms with Gasteiger partial charge in [-0.05, 0) is 47.5 Å². The van der Waals surface area contributed by atoms with Gasteiger partial charge in [-0.2, -0.15) is 0 Å². The van der Waals surface area contributed by atoms with Crippen molar-refractivity contribution in [2.75, 3.05) is 0 Å².